The van der Waals surface area contributed by atoms with Gasteiger partial charge in [-0.05, 0) is 40.1 Å². The largest absolute Gasteiger partial charge is 0.277 e. The molecule has 3 aromatic carbocycles. The van der Waals surface area contributed by atoms with Crippen molar-refractivity contribution in [1.82, 2.24) is 0 Å². The van der Waals surface area contributed by atoms with Crippen LogP contribution in [-0.2, 0) is 6.42 Å². The number of nitro benzene ring substituents is 1. The highest BCUT2D eigenvalue weighted by molar-refractivity contribution is 6.05. The maximum atomic E-state index is 11.3. The van der Waals surface area contributed by atoms with Gasteiger partial charge in [-0.15, -0.1) is 0 Å². The summed E-state index contributed by atoms with van der Waals surface area (Å²) >= 11 is 0. The lowest BCUT2D eigenvalue weighted by Crippen LogP contribution is -1.93. The third kappa shape index (κ3) is 1.40. The summed E-state index contributed by atoms with van der Waals surface area (Å²) < 4.78 is 0. The summed E-state index contributed by atoms with van der Waals surface area (Å²) in [6.07, 6.45) is 0.775. The van der Waals surface area contributed by atoms with Gasteiger partial charge in [0.2, 0.25) is 0 Å². The molecule has 1 aliphatic carbocycles. The Morgan fingerprint density at radius 2 is 1.60 bits per heavy atom. The summed E-state index contributed by atoms with van der Waals surface area (Å²) in [5.74, 6) is 0. The quantitative estimate of drug-likeness (QED) is 0.378. The van der Waals surface area contributed by atoms with Gasteiger partial charge in [-0.25, -0.2) is 0 Å². The molecule has 20 heavy (non-hydrogen) atoms. The van der Waals surface area contributed by atoms with Gasteiger partial charge in [0.15, 0.2) is 0 Å². The molecule has 0 aromatic heterocycles. The third-order valence-electron chi connectivity index (χ3n) is 3.97. The molecule has 96 valence electrons. The SMILES string of the molecule is O=[N+]([O-])c1cc2c(c3ccccc13)-c1ccccc1C2. The van der Waals surface area contributed by atoms with Crippen LogP contribution in [0, 0.1) is 10.1 Å². The van der Waals surface area contributed by atoms with Crippen LogP contribution < -0.4 is 0 Å². The van der Waals surface area contributed by atoms with Crippen molar-refractivity contribution >= 4 is 16.5 Å². The van der Waals surface area contributed by atoms with E-state index in [-0.39, 0.29) is 10.6 Å². The summed E-state index contributed by atoms with van der Waals surface area (Å²) in [7, 11) is 0. The molecule has 0 radical (unpaired) electrons. The zero-order valence-electron chi connectivity index (χ0n) is 10.7. The maximum Gasteiger partial charge on any atom is 0.277 e. The third-order valence-corrected chi connectivity index (χ3v) is 3.97. The van der Waals surface area contributed by atoms with Crippen LogP contribution in [0.25, 0.3) is 21.9 Å². The first-order valence-corrected chi connectivity index (χ1v) is 6.53. The highest BCUT2D eigenvalue weighted by Crippen LogP contribution is 2.44. The first-order chi connectivity index (χ1) is 9.75. The molecule has 0 heterocycles. The second-order valence-electron chi connectivity index (χ2n) is 5.07. The zero-order chi connectivity index (χ0) is 13.7. The minimum absolute atomic E-state index is 0.201. The molecule has 0 N–H and O–H groups in total. The Balaban J connectivity index is 2.16. The smallest absolute Gasteiger partial charge is 0.258 e. The van der Waals surface area contributed by atoms with Gasteiger partial charge >= 0.3 is 0 Å². The normalized spacial score (nSPS) is 12.2. The van der Waals surface area contributed by atoms with Gasteiger partial charge in [-0.2, -0.15) is 0 Å². The van der Waals surface area contributed by atoms with Crippen LogP contribution in [0.5, 0.6) is 0 Å². The zero-order valence-corrected chi connectivity index (χ0v) is 10.7. The standard InChI is InChI=1S/C17H11NO2/c19-18(20)16-10-12-9-11-5-1-2-6-13(11)17(12)15-8-4-3-7-14(15)16/h1-8,10H,9H2. The van der Waals surface area contributed by atoms with Crippen LogP contribution in [0.3, 0.4) is 0 Å². The fourth-order valence-corrected chi connectivity index (χ4v) is 3.14. The second kappa shape index (κ2) is 3.90. The summed E-state index contributed by atoms with van der Waals surface area (Å²) in [6, 6.07) is 17.5. The molecule has 0 atom stereocenters. The van der Waals surface area contributed by atoms with Gasteiger partial charge < -0.3 is 0 Å². The van der Waals surface area contributed by atoms with E-state index >= 15 is 0 Å². The van der Waals surface area contributed by atoms with E-state index in [1.165, 1.54) is 11.1 Å². The minimum atomic E-state index is -0.286. The van der Waals surface area contributed by atoms with Gasteiger partial charge in [0, 0.05) is 6.07 Å². The summed E-state index contributed by atoms with van der Waals surface area (Å²) in [4.78, 5) is 11.0. The number of benzene rings is 3. The first kappa shape index (κ1) is 11.2. The van der Waals surface area contributed by atoms with Crippen molar-refractivity contribution in [1.29, 1.82) is 0 Å². The summed E-state index contributed by atoms with van der Waals surface area (Å²) in [5, 5.41) is 13.0. The molecule has 0 unspecified atom stereocenters. The molecule has 0 spiro atoms. The molecule has 3 nitrogen and oxygen atoms in total. The van der Waals surface area contributed by atoms with Crippen molar-refractivity contribution < 1.29 is 4.92 Å². The fourth-order valence-electron chi connectivity index (χ4n) is 3.14. The van der Waals surface area contributed by atoms with Crippen LogP contribution in [0.15, 0.2) is 54.6 Å². The van der Waals surface area contributed by atoms with Crippen molar-refractivity contribution in [3.63, 3.8) is 0 Å². The van der Waals surface area contributed by atoms with E-state index in [1.54, 1.807) is 6.07 Å². The molecule has 4 rings (SSSR count). The van der Waals surface area contributed by atoms with Crippen LogP contribution in [0.2, 0.25) is 0 Å². The fraction of sp³-hybridized carbons (Fsp3) is 0.0588. The van der Waals surface area contributed by atoms with E-state index in [0.29, 0.717) is 5.39 Å². The Labute approximate surface area is 115 Å². The molecule has 0 fully saturated rings. The Bertz CT molecular complexity index is 868. The molecular formula is C17H11NO2. The Morgan fingerprint density at radius 1 is 0.900 bits per heavy atom. The van der Waals surface area contributed by atoms with Gasteiger partial charge in [0.25, 0.3) is 5.69 Å². The van der Waals surface area contributed by atoms with E-state index in [0.717, 1.165) is 22.9 Å². The monoisotopic (exact) mass is 261 g/mol. The average molecular weight is 261 g/mol. The number of nitrogens with zero attached hydrogens (tertiary/aromatic N) is 1. The number of hydrogen-bond acceptors (Lipinski definition) is 2. The number of rotatable bonds is 1. The van der Waals surface area contributed by atoms with Crippen LogP contribution in [0.4, 0.5) is 5.69 Å². The molecule has 0 saturated carbocycles. The molecule has 3 heteroatoms. The Morgan fingerprint density at radius 3 is 2.40 bits per heavy atom. The molecule has 0 aliphatic heterocycles. The van der Waals surface area contributed by atoms with Crippen molar-refractivity contribution in [3.05, 3.63) is 75.8 Å². The van der Waals surface area contributed by atoms with Crippen LogP contribution >= 0.6 is 0 Å². The molecule has 0 saturated heterocycles. The van der Waals surface area contributed by atoms with Crippen LogP contribution in [-0.4, -0.2) is 4.92 Å². The average Bonchev–Trinajstić information content (AvgIpc) is 2.84. The van der Waals surface area contributed by atoms with Gasteiger partial charge in [-0.3, -0.25) is 10.1 Å². The predicted octanol–water partition coefficient (Wildman–Crippen LogP) is 4.32. The minimum Gasteiger partial charge on any atom is -0.258 e. The van der Waals surface area contributed by atoms with Crippen molar-refractivity contribution in [2.24, 2.45) is 0 Å². The highest BCUT2D eigenvalue weighted by Gasteiger charge is 2.25. The van der Waals surface area contributed by atoms with E-state index in [2.05, 4.69) is 12.1 Å². The number of non-ortho nitro benzene ring substituents is 1. The molecule has 0 bridgehead atoms. The van der Waals surface area contributed by atoms with Crippen molar-refractivity contribution in [2.45, 2.75) is 6.42 Å². The Hall–Kier alpha value is -2.68. The first-order valence-electron chi connectivity index (χ1n) is 6.53. The van der Waals surface area contributed by atoms with Gasteiger partial charge in [0.1, 0.15) is 0 Å². The number of fused-ring (bicyclic) bond motifs is 5. The van der Waals surface area contributed by atoms with E-state index in [9.17, 15) is 10.1 Å². The lowest BCUT2D eigenvalue weighted by atomic mass is 9.97. The molecule has 0 amide bonds. The molecule has 3 aromatic rings. The topological polar surface area (TPSA) is 43.1 Å². The predicted molar refractivity (Wildman–Crippen MR) is 78.8 cm³/mol. The molecule has 1 aliphatic rings. The van der Waals surface area contributed by atoms with E-state index < -0.39 is 0 Å². The number of nitro groups is 1. The highest BCUT2D eigenvalue weighted by atomic mass is 16.6. The molecular weight excluding hydrogens is 250 g/mol. The van der Waals surface area contributed by atoms with E-state index in [1.807, 2.05) is 36.4 Å². The van der Waals surface area contributed by atoms with E-state index in [4.69, 9.17) is 0 Å². The number of hydrogen-bond donors (Lipinski definition) is 0. The van der Waals surface area contributed by atoms with Gasteiger partial charge in [-0.1, -0.05) is 42.5 Å². The summed E-state index contributed by atoms with van der Waals surface area (Å²) in [6.45, 7) is 0. The maximum absolute atomic E-state index is 11.3. The summed E-state index contributed by atoms with van der Waals surface area (Å²) in [5.41, 5.74) is 4.85. The lowest BCUT2D eigenvalue weighted by molar-refractivity contribution is -0.383. The van der Waals surface area contributed by atoms with Crippen molar-refractivity contribution in [2.75, 3.05) is 0 Å². The van der Waals surface area contributed by atoms with Crippen molar-refractivity contribution in [3.8, 4) is 11.1 Å². The lowest BCUT2D eigenvalue weighted by Gasteiger charge is -2.07. The second-order valence-corrected chi connectivity index (χ2v) is 5.07. The Kier molecular flexibility index (Phi) is 2.18. The van der Waals surface area contributed by atoms with Gasteiger partial charge in [0.05, 0.1) is 10.3 Å². The van der Waals surface area contributed by atoms with Crippen LogP contribution in [0.1, 0.15) is 11.1 Å².